The SMILES string of the molecule is CCS(=O)(=O)N1CCC[C@H](C(=O)Nc2ccc(Cl)c(C(=O)OC)c2)C1. The second-order valence-electron chi connectivity index (χ2n) is 5.77. The van der Waals surface area contributed by atoms with E-state index in [1.807, 2.05) is 0 Å². The van der Waals surface area contributed by atoms with E-state index in [2.05, 4.69) is 10.1 Å². The molecule has 7 nitrogen and oxygen atoms in total. The maximum absolute atomic E-state index is 12.5. The van der Waals surface area contributed by atoms with Gasteiger partial charge >= 0.3 is 5.97 Å². The Labute approximate surface area is 152 Å². The molecule has 0 spiro atoms. The Bertz CT molecular complexity index is 766. The quantitative estimate of drug-likeness (QED) is 0.780. The van der Waals surface area contributed by atoms with E-state index >= 15 is 0 Å². The van der Waals surface area contributed by atoms with E-state index in [0.29, 0.717) is 25.1 Å². The Balaban J connectivity index is 2.10. The molecule has 0 saturated carbocycles. The van der Waals surface area contributed by atoms with Gasteiger partial charge in [-0.2, -0.15) is 0 Å². The van der Waals surface area contributed by atoms with E-state index in [1.54, 1.807) is 13.0 Å². The van der Waals surface area contributed by atoms with E-state index in [0.717, 1.165) is 0 Å². The molecule has 9 heteroatoms. The molecule has 1 aromatic carbocycles. The highest BCUT2D eigenvalue weighted by molar-refractivity contribution is 7.89. The molecule has 1 aliphatic heterocycles. The van der Waals surface area contributed by atoms with Gasteiger partial charge in [0.25, 0.3) is 0 Å². The maximum Gasteiger partial charge on any atom is 0.339 e. The molecule has 1 atom stereocenters. The summed E-state index contributed by atoms with van der Waals surface area (Å²) in [4.78, 5) is 24.1. The van der Waals surface area contributed by atoms with Gasteiger partial charge in [-0.05, 0) is 38.0 Å². The number of carbonyl (C=O) groups is 2. The topological polar surface area (TPSA) is 92.8 Å². The predicted molar refractivity (Wildman–Crippen MR) is 95.2 cm³/mol. The molecule has 0 bridgehead atoms. The molecule has 1 heterocycles. The van der Waals surface area contributed by atoms with Gasteiger partial charge in [0.2, 0.25) is 15.9 Å². The van der Waals surface area contributed by atoms with Crippen LogP contribution in [0, 0.1) is 5.92 Å². The van der Waals surface area contributed by atoms with E-state index in [1.165, 1.54) is 23.5 Å². The molecule has 0 unspecified atom stereocenters. The van der Waals surface area contributed by atoms with Crippen LogP contribution in [0.5, 0.6) is 0 Å². The molecular weight excluding hydrogens is 368 g/mol. The normalized spacial score (nSPS) is 18.6. The average molecular weight is 389 g/mol. The van der Waals surface area contributed by atoms with Crippen molar-refractivity contribution in [2.75, 3.05) is 31.3 Å². The minimum Gasteiger partial charge on any atom is -0.465 e. The number of hydrogen-bond donors (Lipinski definition) is 1. The Morgan fingerprint density at radius 3 is 2.76 bits per heavy atom. The van der Waals surface area contributed by atoms with E-state index in [4.69, 9.17) is 11.6 Å². The van der Waals surface area contributed by atoms with E-state index < -0.39 is 21.9 Å². The summed E-state index contributed by atoms with van der Waals surface area (Å²) in [7, 11) is -2.07. The molecule has 1 aromatic rings. The monoisotopic (exact) mass is 388 g/mol. The smallest absolute Gasteiger partial charge is 0.339 e. The van der Waals surface area contributed by atoms with Gasteiger partial charge in [0.1, 0.15) is 0 Å². The summed E-state index contributed by atoms with van der Waals surface area (Å²) in [6, 6.07) is 4.52. The van der Waals surface area contributed by atoms with Gasteiger partial charge in [-0.25, -0.2) is 17.5 Å². The van der Waals surface area contributed by atoms with Crippen molar-refractivity contribution in [2.45, 2.75) is 19.8 Å². The predicted octanol–water partition coefficient (Wildman–Crippen LogP) is 2.13. The van der Waals surface area contributed by atoms with Crippen LogP contribution in [0.25, 0.3) is 0 Å². The standard InChI is InChI=1S/C16H21ClN2O5S/c1-3-25(22,23)19-8-4-5-11(10-19)15(20)18-12-6-7-14(17)13(9-12)16(21)24-2/h6-7,9,11H,3-5,8,10H2,1-2H3,(H,18,20)/t11-/m0/s1. The molecule has 1 saturated heterocycles. The van der Waals surface area contributed by atoms with Crippen molar-refractivity contribution < 1.29 is 22.7 Å². The van der Waals surface area contributed by atoms with Crippen LogP contribution in [-0.4, -0.2) is 50.6 Å². The van der Waals surface area contributed by atoms with Crippen molar-refractivity contribution in [3.63, 3.8) is 0 Å². The van der Waals surface area contributed by atoms with Gasteiger partial charge < -0.3 is 10.1 Å². The highest BCUT2D eigenvalue weighted by Gasteiger charge is 2.31. The number of amides is 1. The summed E-state index contributed by atoms with van der Waals surface area (Å²) >= 11 is 5.95. The number of piperidine rings is 1. The fourth-order valence-corrected chi connectivity index (χ4v) is 4.08. The number of halogens is 1. The summed E-state index contributed by atoms with van der Waals surface area (Å²) in [6.45, 7) is 2.19. The van der Waals surface area contributed by atoms with E-state index in [9.17, 15) is 18.0 Å². The summed E-state index contributed by atoms with van der Waals surface area (Å²) in [5.41, 5.74) is 0.561. The molecule has 0 aromatic heterocycles. The Hall–Kier alpha value is -1.64. The van der Waals surface area contributed by atoms with Crippen molar-refractivity contribution >= 4 is 39.2 Å². The number of sulfonamides is 1. The second-order valence-corrected chi connectivity index (χ2v) is 8.44. The summed E-state index contributed by atoms with van der Waals surface area (Å²) in [6.07, 6.45) is 1.24. The van der Waals surface area contributed by atoms with Crippen molar-refractivity contribution in [1.82, 2.24) is 4.31 Å². The number of esters is 1. The molecule has 2 rings (SSSR count). The third-order valence-electron chi connectivity index (χ3n) is 4.15. The first-order valence-corrected chi connectivity index (χ1v) is 9.93. The number of nitrogens with zero attached hydrogens (tertiary/aromatic N) is 1. The number of nitrogens with one attached hydrogen (secondary N) is 1. The third kappa shape index (κ3) is 4.71. The fourth-order valence-electron chi connectivity index (χ4n) is 2.71. The van der Waals surface area contributed by atoms with Crippen LogP contribution < -0.4 is 5.32 Å². The highest BCUT2D eigenvalue weighted by atomic mass is 35.5. The second kappa shape index (κ2) is 8.16. The minimum atomic E-state index is -3.31. The number of carbonyl (C=O) groups excluding carboxylic acids is 2. The number of hydrogen-bond acceptors (Lipinski definition) is 5. The van der Waals surface area contributed by atoms with Gasteiger partial charge in [-0.1, -0.05) is 11.6 Å². The summed E-state index contributed by atoms with van der Waals surface area (Å²) in [5, 5.41) is 2.95. The number of methoxy groups -OCH3 is 1. The Kier molecular flexibility index (Phi) is 6.42. The van der Waals surface area contributed by atoms with Crippen LogP contribution in [0.1, 0.15) is 30.1 Å². The first kappa shape index (κ1) is 19.7. The number of anilines is 1. The van der Waals surface area contributed by atoms with Crippen LogP contribution in [0.3, 0.4) is 0 Å². The van der Waals surface area contributed by atoms with Crippen molar-refractivity contribution in [3.8, 4) is 0 Å². The Morgan fingerprint density at radius 2 is 2.12 bits per heavy atom. The van der Waals surface area contributed by atoms with Crippen molar-refractivity contribution in [3.05, 3.63) is 28.8 Å². The molecule has 1 fully saturated rings. The van der Waals surface area contributed by atoms with Gasteiger partial charge in [0.05, 0.1) is 29.4 Å². The third-order valence-corrected chi connectivity index (χ3v) is 6.33. The van der Waals surface area contributed by atoms with E-state index in [-0.39, 0.29) is 28.8 Å². The van der Waals surface area contributed by atoms with Crippen molar-refractivity contribution in [2.24, 2.45) is 5.92 Å². The molecule has 1 amide bonds. The molecule has 25 heavy (non-hydrogen) atoms. The van der Waals surface area contributed by atoms with Gasteiger partial charge in [0.15, 0.2) is 0 Å². The molecule has 0 aliphatic carbocycles. The highest BCUT2D eigenvalue weighted by Crippen LogP contribution is 2.24. The first-order valence-electron chi connectivity index (χ1n) is 7.95. The molecular formula is C16H21ClN2O5S. The van der Waals surface area contributed by atoms with Crippen LogP contribution in [0.4, 0.5) is 5.69 Å². The lowest BCUT2D eigenvalue weighted by atomic mass is 9.98. The number of benzene rings is 1. The maximum atomic E-state index is 12.5. The van der Waals surface area contributed by atoms with Gasteiger partial charge in [-0.3, -0.25) is 4.79 Å². The van der Waals surface area contributed by atoms with Crippen LogP contribution in [0.2, 0.25) is 5.02 Å². The fraction of sp³-hybridized carbons (Fsp3) is 0.500. The minimum absolute atomic E-state index is 0.0149. The molecule has 1 aliphatic rings. The zero-order chi connectivity index (χ0) is 18.6. The lowest BCUT2D eigenvalue weighted by Crippen LogP contribution is -2.44. The average Bonchev–Trinajstić information content (AvgIpc) is 2.62. The molecule has 138 valence electrons. The molecule has 0 radical (unpaired) electrons. The largest absolute Gasteiger partial charge is 0.465 e. The lowest BCUT2D eigenvalue weighted by Gasteiger charge is -2.30. The Morgan fingerprint density at radius 1 is 1.40 bits per heavy atom. The van der Waals surface area contributed by atoms with Crippen molar-refractivity contribution in [1.29, 1.82) is 0 Å². The lowest BCUT2D eigenvalue weighted by molar-refractivity contribution is -0.120. The summed E-state index contributed by atoms with van der Waals surface area (Å²) in [5.74, 6) is -1.30. The molecule has 1 N–H and O–H groups in total. The zero-order valence-electron chi connectivity index (χ0n) is 14.1. The number of ether oxygens (including phenoxy) is 1. The van der Waals surface area contributed by atoms with Crippen LogP contribution >= 0.6 is 11.6 Å². The summed E-state index contributed by atoms with van der Waals surface area (Å²) < 4.78 is 30.0. The number of rotatable bonds is 5. The zero-order valence-corrected chi connectivity index (χ0v) is 15.7. The van der Waals surface area contributed by atoms with Crippen LogP contribution in [-0.2, 0) is 19.6 Å². The first-order chi connectivity index (χ1) is 11.8. The van der Waals surface area contributed by atoms with Crippen LogP contribution in [0.15, 0.2) is 18.2 Å². The van der Waals surface area contributed by atoms with Gasteiger partial charge in [-0.15, -0.1) is 0 Å². The van der Waals surface area contributed by atoms with Gasteiger partial charge in [0, 0.05) is 18.8 Å².